The van der Waals surface area contributed by atoms with Gasteiger partial charge in [0.25, 0.3) is 5.91 Å². The summed E-state index contributed by atoms with van der Waals surface area (Å²) in [6.07, 6.45) is 1.10. The maximum absolute atomic E-state index is 12.5. The number of amides is 1. The number of hydrogen-bond donors (Lipinski definition) is 3. The summed E-state index contributed by atoms with van der Waals surface area (Å²) in [7, 11) is -1.57. The Morgan fingerprint density at radius 2 is 1.89 bits per heavy atom. The van der Waals surface area contributed by atoms with E-state index in [0.29, 0.717) is 32.8 Å². The average Bonchev–Trinajstić information content (AvgIpc) is 3.20. The molecule has 11 heteroatoms. The number of aromatic nitrogens is 2. The Hall–Kier alpha value is -2.50. The van der Waals surface area contributed by atoms with E-state index in [2.05, 4.69) is 24.7 Å². The van der Waals surface area contributed by atoms with E-state index in [9.17, 15) is 13.2 Å². The maximum Gasteiger partial charge on any atom is 0.262 e. The molecule has 2 heterocycles. The molecular formula is C16H17N5O3S3. The minimum Gasteiger partial charge on any atom is -0.378 e. The summed E-state index contributed by atoms with van der Waals surface area (Å²) in [5.41, 5.74) is 3.15. The van der Waals surface area contributed by atoms with E-state index < -0.39 is 10.0 Å². The minimum absolute atomic E-state index is 0.265. The van der Waals surface area contributed by atoms with Crippen molar-refractivity contribution in [1.29, 1.82) is 0 Å². The zero-order chi connectivity index (χ0) is 19.6. The first-order valence-electron chi connectivity index (χ1n) is 7.76. The fourth-order valence-corrected chi connectivity index (χ4v) is 4.38. The van der Waals surface area contributed by atoms with Crippen LogP contribution in [0.5, 0.6) is 0 Å². The molecule has 2 aromatic heterocycles. The van der Waals surface area contributed by atoms with Crippen molar-refractivity contribution in [2.24, 2.45) is 0 Å². The molecule has 3 aromatic rings. The lowest BCUT2D eigenvalue weighted by Crippen LogP contribution is -2.13. The molecule has 0 saturated heterocycles. The van der Waals surface area contributed by atoms with Gasteiger partial charge in [0.05, 0.1) is 23.2 Å². The van der Waals surface area contributed by atoms with Crippen molar-refractivity contribution >= 4 is 54.6 Å². The highest BCUT2D eigenvalue weighted by atomic mass is 32.2. The van der Waals surface area contributed by atoms with Crippen LogP contribution in [0.2, 0.25) is 0 Å². The topological polar surface area (TPSA) is 113 Å². The van der Waals surface area contributed by atoms with Gasteiger partial charge in [-0.3, -0.25) is 14.8 Å². The van der Waals surface area contributed by atoms with Gasteiger partial charge in [-0.1, -0.05) is 12.1 Å². The lowest BCUT2D eigenvalue weighted by molar-refractivity contribution is 0.102. The van der Waals surface area contributed by atoms with Gasteiger partial charge in [0.15, 0.2) is 5.13 Å². The Balaban J connectivity index is 1.75. The highest BCUT2D eigenvalue weighted by Gasteiger charge is 2.19. The lowest BCUT2D eigenvalue weighted by atomic mass is 10.1. The Bertz CT molecular complexity index is 1070. The summed E-state index contributed by atoms with van der Waals surface area (Å²) in [4.78, 5) is 16.9. The van der Waals surface area contributed by atoms with Crippen molar-refractivity contribution in [3.63, 3.8) is 0 Å². The minimum atomic E-state index is -3.32. The summed E-state index contributed by atoms with van der Waals surface area (Å²) in [5, 5.41) is 8.76. The Morgan fingerprint density at radius 1 is 1.19 bits per heavy atom. The number of carbonyl (C=O) groups excluding carboxylic acids is 1. The van der Waals surface area contributed by atoms with Crippen LogP contribution >= 0.6 is 22.9 Å². The second-order valence-corrected chi connectivity index (χ2v) is 9.05. The molecule has 3 N–H and O–H groups in total. The third kappa shape index (κ3) is 4.62. The van der Waals surface area contributed by atoms with Gasteiger partial charge in [-0.05, 0) is 30.6 Å². The molecule has 142 valence electrons. The molecule has 0 aliphatic carbocycles. The zero-order valence-corrected chi connectivity index (χ0v) is 17.2. The molecule has 0 aliphatic rings. The molecule has 27 heavy (non-hydrogen) atoms. The molecule has 0 saturated carbocycles. The van der Waals surface area contributed by atoms with Gasteiger partial charge >= 0.3 is 0 Å². The standard InChI is InChI=1S/C16H17N5O3S3/c1-9-13(15(17-2)26-20-9)14(22)19-16-18-12(8-25-16)10-4-6-11(7-5-10)21-27(3,23)24/h4-8,17,21H,1-3H3,(H,18,19,22). The van der Waals surface area contributed by atoms with Crippen molar-refractivity contribution in [2.45, 2.75) is 6.92 Å². The number of carbonyl (C=O) groups is 1. The number of thiazole rings is 1. The fraction of sp³-hybridized carbons (Fsp3) is 0.188. The van der Waals surface area contributed by atoms with Crippen molar-refractivity contribution < 1.29 is 13.2 Å². The van der Waals surface area contributed by atoms with E-state index in [4.69, 9.17) is 0 Å². The number of nitrogens with one attached hydrogen (secondary N) is 3. The van der Waals surface area contributed by atoms with Gasteiger partial charge in [0, 0.05) is 23.7 Å². The van der Waals surface area contributed by atoms with Crippen molar-refractivity contribution in [1.82, 2.24) is 9.36 Å². The molecule has 1 amide bonds. The van der Waals surface area contributed by atoms with Gasteiger partial charge in [-0.2, -0.15) is 4.37 Å². The third-order valence-electron chi connectivity index (χ3n) is 3.53. The molecule has 0 unspecified atom stereocenters. The molecular weight excluding hydrogens is 406 g/mol. The molecule has 0 fully saturated rings. The monoisotopic (exact) mass is 423 g/mol. The molecule has 0 bridgehead atoms. The first-order chi connectivity index (χ1) is 12.8. The molecule has 0 aliphatic heterocycles. The van der Waals surface area contributed by atoms with Crippen molar-refractivity contribution in [3.8, 4) is 11.3 Å². The van der Waals surface area contributed by atoms with Gasteiger partial charge in [-0.15, -0.1) is 11.3 Å². The summed E-state index contributed by atoms with van der Waals surface area (Å²) in [6, 6.07) is 6.85. The first kappa shape index (κ1) is 19.3. The Kier molecular flexibility index (Phi) is 5.44. The summed E-state index contributed by atoms with van der Waals surface area (Å²) in [6.45, 7) is 1.78. The average molecular weight is 424 g/mol. The quantitative estimate of drug-likeness (QED) is 0.561. The van der Waals surface area contributed by atoms with Crippen LogP contribution in [0.3, 0.4) is 0 Å². The van der Waals surface area contributed by atoms with E-state index in [1.54, 1.807) is 38.2 Å². The molecule has 0 radical (unpaired) electrons. The Morgan fingerprint density at radius 3 is 2.52 bits per heavy atom. The normalized spacial score (nSPS) is 11.2. The van der Waals surface area contributed by atoms with E-state index in [1.807, 2.05) is 5.38 Å². The predicted molar refractivity (Wildman–Crippen MR) is 110 cm³/mol. The van der Waals surface area contributed by atoms with Gasteiger partial charge in [0.1, 0.15) is 5.00 Å². The van der Waals surface area contributed by atoms with Gasteiger partial charge in [0.2, 0.25) is 10.0 Å². The maximum atomic E-state index is 12.5. The van der Waals surface area contributed by atoms with Crippen LogP contribution in [-0.4, -0.2) is 37.0 Å². The van der Waals surface area contributed by atoms with Crippen molar-refractivity contribution in [2.75, 3.05) is 28.7 Å². The van der Waals surface area contributed by atoms with E-state index in [0.717, 1.165) is 11.8 Å². The molecule has 1 aromatic carbocycles. The zero-order valence-electron chi connectivity index (χ0n) is 14.7. The second kappa shape index (κ2) is 7.62. The number of anilines is 3. The second-order valence-electron chi connectivity index (χ2n) is 5.67. The number of sulfonamides is 1. The van der Waals surface area contributed by atoms with Crippen LogP contribution in [-0.2, 0) is 10.0 Å². The van der Waals surface area contributed by atoms with Gasteiger partial charge in [-0.25, -0.2) is 13.4 Å². The molecule has 0 atom stereocenters. The highest BCUT2D eigenvalue weighted by molar-refractivity contribution is 7.92. The van der Waals surface area contributed by atoms with E-state index >= 15 is 0 Å². The van der Waals surface area contributed by atoms with Crippen LogP contribution < -0.4 is 15.4 Å². The number of aryl methyl sites for hydroxylation is 1. The van der Waals surface area contributed by atoms with Crippen LogP contribution in [0.1, 0.15) is 16.1 Å². The molecule has 0 spiro atoms. The van der Waals surface area contributed by atoms with E-state index in [-0.39, 0.29) is 5.91 Å². The predicted octanol–water partition coefficient (Wildman–Crippen LogP) is 3.24. The number of rotatable bonds is 6. The summed E-state index contributed by atoms with van der Waals surface area (Å²) < 4.78 is 29.1. The van der Waals surface area contributed by atoms with Crippen molar-refractivity contribution in [3.05, 3.63) is 40.9 Å². The largest absolute Gasteiger partial charge is 0.378 e. The molecule has 3 rings (SSSR count). The third-order valence-corrected chi connectivity index (χ3v) is 5.85. The lowest BCUT2D eigenvalue weighted by Gasteiger charge is -2.04. The van der Waals surface area contributed by atoms with Gasteiger partial charge < -0.3 is 5.32 Å². The Labute approximate surface area is 164 Å². The van der Waals surface area contributed by atoms with Crippen LogP contribution in [0.4, 0.5) is 15.8 Å². The number of nitrogens with zero attached hydrogens (tertiary/aromatic N) is 2. The fourth-order valence-electron chi connectivity index (χ4n) is 2.35. The summed E-state index contributed by atoms with van der Waals surface area (Å²) >= 11 is 2.55. The molecule has 8 nitrogen and oxygen atoms in total. The summed E-state index contributed by atoms with van der Waals surface area (Å²) in [5.74, 6) is -0.265. The van der Waals surface area contributed by atoms with Crippen LogP contribution in [0.25, 0.3) is 11.3 Å². The number of hydrogen-bond acceptors (Lipinski definition) is 8. The van der Waals surface area contributed by atoms with E-state index in [1.165, 1.54) is 22.9 Å². The highest BCUT2D eigenvalue weighted by Crippen LogP contribution is 2.28. The first-order valence-corrected chi connectivity index (χ1v) is 11.3. The smallest absolute Gasteiger partial charge is 0.262 e. The van der Waals surface area contributed by atoms with Crippen LogP contribution in [0.15, 0.2) is 29.6 Å². The number of benzene rings is 1. The van der Waals surface area contributed by atoms with Crippen LogP contribution in [0, 0.1) is 6.92 Å². The SMILES string of the molecule is CNc1snc(C)c1C(=O)Nc1nc(-c2ccc(NS(C)(=O)=O)cc2)cs1.